The summed E-state index contributed by atoms with van der Waals surface area (Å²) in [6.45, 7) is 1.87. The lowest BCUT2D eigenvalue weighted by Gasteiger charge is -2.04. The van der Waals surface area contributed by atoms with Crippen molar-refractivity contribution < 1.29 is 12.8 Å². The van der Waals surface area contributed by atoms with Crippen LogP contribution >= 0.6 is 15.9 Å². The summed E-state index contributed by atoms with van der Waals surface area (Å²) >= 11 is 3.12. The minimum absolute atomic E-state index is 0.119. The zero-order valence-corrected chi connectivity index (χ0v) is 15.5. The predicted octanol–water partition coefficient (Wildman–Crippen LogP) is 3.76. The van der Waals surface area contributed by atoms with Gasteiger partial charge >= 0.3 is 0 Å². The molecule has 0 fully saturated rings. The van der Waals surface area contributed by atoms with Crippen molar-refractivity contribution in [1.82, 2.24) is 9.82 Å². The van der Waals surface area contributed by atoms with Crippen LogP contribution in [0.25, 0.3) is 10.8 Å². The quantitative estimate of drug-likeness (QED) is 0.514. The summed E-state index contributed by atoms with van der Waals surface area (Å²) in [7, 11) is -3.74. The van der Waals surface area contributed by atoms with Crippen molar-refractivity contribution >= 4 is 42.9 Å². The zero-order chi connectivity index (χ0) is 18.0. The van der Waals surface area contributed by atoms with Crippen LogP contribution in [0.1, 0.15) is 11.3 Å². The Hall–Kier alpha value is -2.32. The first-order chi connectivity index (χ1) is 11.9. The van der Waals surface area contributed by atoms with Crippen molar-refractivity contribution in [2.45, 2.75) is 11.8 Å². The number of pyridine rings is 1. The minimum atomic E-state index is -3.74. The summed E-state index contributed by atoms with van der Waals surface area (Å²) in [6.07, 6.45) is 2.65. The third-order valence-electron chi connectivity index (χ3n) is 3.51. The van der Waals surface area contributed by atoms with Crippen LogP contribution in [0.3, 0.4) is 0 Å². The summed E-state index contributed by atoms with van der Waals surface area (Å²) in [5, 5.41) is 4.74. The van der Waals surface area contributed by atoms with Crippen molar-refractivity contribution in [2.75, 3.05) is 0 Å². The molecule has 1 N–H and O–H groups in total. The topological polar surface area (TPSA) is 71.4 Å². The minimum Gasteiger partial charge on any atom is -0.254 e. The van der Waals surface area contributed by atoms with Crippen LogP contribution < -0.4 is 4.83 Å². The van der Waals surface area contributed by atoms with E-state index in [1.807, 2.05) is 6.92 Å². The molecular weight excluding hydrogens is 409 g/mol. The van der Waals surface area contributed by atoms with E-state index in [4.69, 9.17) is 0 Å². The van der Waals surface area contributed by atoms with E-state index in [1.165, 1.54) is 24.5 Å². The second kappa shape index (κ2) is 6.89. The molecule has 0 aliphatic rings. The number of fused-ring (bicyclic) bond motifs is 1. The Kier molecular flexibility index (Phi) is 4.82. The molecule has 3 rings (SSSR count). The number of hydrogen-bond acceptors (Lipinski definition) is 4. The van der Waals surface area contributed by atoms with Crippen molar-refractivity contribution in [3.8, 4) is 0 Å². The first-order valence-electron chi connectivity index (χ1n) is 7.22. The van der Waals surface area contributed by atoms with Gasteiger partial charge in [0.1, 0.15) is 5.82 Å². The second-order valence-electron chi connectivity index (χ2n) is 5.36. The lowest BCUT2D eigenvalue weighted by molar-refractivity contribution is 0.584. The van der Waals surface area contributed by atoms with Gasteiger partial charge in [-0.3, -0.25) is 4.98 Å². The third kappa shape index (κ3) is 3.85. The number of nitrogens with one attached hydrogen (secondary N) is 1. The van der Waals surface area contributed by atoms with E-state index in [0.29, 0.717) is 20.9 Å². The van der Waals surface area contributed by atoms with Gasteiger partial charge in [-0.1, -0.05) is 23.8 Å². The predicted molar refractivity (Wildman–Crippen MR) is 98.5 cm³/mol. The molecule has 0 saturated carbocycles. The van der Waals surface area contributed by atoms with Crippen LogP contribution in [0.4, 0.5) is 4.39 Å². The van der Waals surface area contributed by atoms with Crippen LogP contribution in [-0.4, -0.2) is 19.6 Å². The standard InChI is InChI=1S/C17H13BrFN3O2S/c1-11-2-5-14(6-3-11)25(23,24)22-21-9-13-8-12-4-7-16(18)17(19)15(12)10-20-13/h2-10,22H,1H3/b21-9+. The van der Waals surface area contributed by atoms with E-state index < -0.39 is 15.8 Å². The number of hydrogen-bond donors (Lipinski definition) is 1. The molecule has 0 saturated heterocycles. The van der Waals surface area contributed by atoms with Gasteiger partial charge in [0, 0.05) is 11.6 Å². The molecule has 8 heteroatoms. The van der Waals surface area contributed by atoms with E-state index in [9.17, 15) is 12.8 Å². The monoisotopic (exact) mass is 421 g/mol. The van der Waals surface area contributed by atoms with Crippen molar-refractivity contribution in [2.24, 2.45) is 5.10 Å². The number of halogens is 2. The van der Waals surface area contributed by atoms with Crippen LogP contribution in [0.5, 0.6) is 0 Å². The smallest absolute Gasteiger partial charge is 0.254 e. The van der Waals surface area contributed by atoms with Gasteiger partial charge in [-0.25, -0.2) is 9.22 Å². The molecule has 3 aromatic rings. The molecule has 0 radical (unpaired) electrons. The molecule has 0 amide bonds. The molecule has 1 aromatic heterocycles. The van der Waals surface area contributed by atoms with Crippen molar-refractivity contribution in [1.29, 1.82) is 0 Å². The largest absolute Gasteiger partial charge is 0.276 e. The Labute approximate surface area is 152 Å². The molecular formula is C17H13BrFN3O2S. The number of nitrogens with zero attached hydrogens (tertiary/aromatic N) is 2. The van der Waals surface area contributed by atoms with E-state index in [-0.39, 0.29) is 4.90 Å². The van der Waals surface area contributed by atoms with E-state index in [1.54, 1.807) is 30.3 Å². The SMILES string of the molecule is Cc1ccc(S(=O)(=O)N/N=C/c2cc3ccc(Br)c(F)c3cn2)cc1. The highest BCUT2D eigenvalue weighted by Gasteiger charge is 2.12. The van der Waals surface area contributed by atoms with Crippen LogP contribution in [0, 0.1) is 12.7 Å². The van der Waals surface area contributed by atoms with Crippen LogP contribution in [0.2, 0.25) is 0 Å². The Balaban J connectivity index is 1.81. The van der Waals surface area contributed by atoms with E-state index in [0.717, 1.165) is 5.56 Å². The third-order valence-corrected chi connectivity index (χ3v) is 5.36. The Morgan fingerprint density at radius 1 is 1.20 bits per heavy atom. The Morgan fingerprint density at radius 2 is 1.92 bits per heavy atom. The molecule has 128 valence electrons. The first-order valence-corrected chi connectivity index (χ1v) is 9.50. The maximum atomic E-state index is 13.9. The average molecular weight is 422 g/mol. The summed E-state index contributed by atoms with van der Waals surface area (Å²) in [5.41, 5.74) is 1.36. The highest BCUT2D eigenvalue weighted by Crippen LogP contribution is 2.24. The number of rotatable bonds is 4. The van der Waals surface area contributed by atoms with Gasteiger partial charge in [-0.15, -0.1) is 0 Å². The molecule has 0 aliphatic carbocycles. The van der Waals surface area contributed by atoms with Gasteiger partial charge in [-0.05, 0) is 52.5 Å². The number of aromatic nitrogens is 1. The maximum absolute atomic E-state index is 13.9. The average Bonchev–Trinajstić information content (AvgIpc) is 2.58. The van der Waals surface area contributed by atoms with Gasteiger partial charge in [0.25, 0.3) is 10.0 Å². The number of hydrazone groups is 1. The van der Waals surface area contributed by atoms with Crippen LogP contribution in [0.15, 0.2) is 63.1 Å². The van der Waals surface area contributed by atoms with Gasteiger partial charge in [0.05, 0.1) is 21.3 Å². The fourth-order valence-corrected chi connectivity index (χ4v) is 3.31. The molecule has 2 aromatic carbocycles. The highest BCUT2D eigenvalue weighted by atomic mass is 79.9. The Bertz CT molecular complexity index is 1070. The van der Waals surface area contributed by atoms with Gasteiger partial charge in [0.2, 0.25) is 0 Å². The summed E-state index contributed by atoms with van der Waals surface area (Å²) in [6, 6.07) is 11.4. The normalized spacial score (nSPS) is 12.0. The molecule has 0 atom stereocenters. The van der Waals surface area contributed by atoms with Gasteiger partial charge < -0.3 is 0 Å². The fraction of sp³-hybridized carbons (Fsp3) is 0.0588. The lowest BCUT2D eigenvalue weighted by Crippen LogP contribution is -2.18. The summed E-state index contributed by atoms with van der Waals surface area (Å²) < 4.78 is 38.6. The second-order valence-corrected chi connectivity index (χ2v) is 7.87. The molecule has 0 aliphatic heterocycles. The summed E-state index contributed by atoms with van der Waals surface area (Å²) in [4.78, 5) is 6.32. The molecule has 0 bridgehead atoms. The fourth-order valence-electron chi connectivity index (χ4n) is 2.18. The molecule has 25 heavy (non-hydrogen) atoms. The molecule has 0 spiro atoms. The van der Waals surface area contributed by atoms with E-state index >= 15 is 0 Å². The van der Waals surface area contributed by atoms with E-state index in [2.05, 4.69) is 30.8 Å². The number of sulfonamides is 1. The molecule has 1 heterocycles. The number of aryl methyl sites for hydroxylation is 1. The molecule has 5 nitrogen and oxygen atoms in total. The van der Waals surface area contributed by atoms with Gasteiger partial charge in [-0.2, -0.15) is 13.5 Å². The highest BCUT2D eigenvalue weighted by molar-refractivity contribution is 9.10. The van der Waals surface area contributed by atoms with Crippen LogP contribution in [-0.2, 0) is 10.0 Å². The number of benzene rings is 2. The first kappa shape index (κ1) is 17.5. The summed E-state index contributed by atoms with van der Waals surface area (Å²) in [5.74, 6) is -0.395. The Morgan fingerprint density at radius 3 is 2.64 bits per heavy atom. The van der Waals surface area contributed by atoms with Crippen molar-refractivity contribution in [3.63, 3.8) is 0 Å². The maximum Gasteiger partial charge on any atom is 0.276 e. The molecule has 0 unspecified atom stereocenters. The lowest BCUT2D eigenvalue weighted by atomic mass is 10.1. The zero-order valence-electron chi connectivity index (χ0n) is 13.1. The van der Waals surface area contributed by atoms with Gasteiger partial charge in [0.15, 0.2) is 0 Å². The van der Waals surface area contributed by atoms with Crippen molar-refractivity contribution in [3.05, 3.63) is 70.2 Å².